The second-order valence-electron chi connectivity index (χ2n) is 5.29. The summed E-state index contributed by atoms with van der Waals surface area (Å²) in [6.45, 7) is 8.20. The molecule has 5 nitrogen and oxygen atoms in total. The van der Waals surface area contributed by atoms with Crippen molar-refractivity contribution < 1.29 is 9.59 Å². The Hall–Kier alpha value is -2.01. The molecule has 0 aromatic heterocycles. The molecule has 6 heteroatoms. The third-order valence-corrected chi connectivity index (χ3v) is 3.31. The third kappa shape index (κ3) is 4.77. The SMILES string of the molecule is C=C(C)CN(CC)C(=O)C(=O)Nc1ccc(N(C)C)c(Cl)c1. The van der Waals surface area contributed by atoms with Crippen molar-refractivity contribution in [2.75, 3.05) is 37.4 Å². The van der Waals surface area contributed by atoms with Crippen LogP contribution in [0.2, 0.25) is 5.02 Å². The van der Waals surface area contributed by atoms with Gasteiger partial charge >= 0.3 is 11.8 Å². The summed E-state index contributed by atoms with van der Waals surface area (Å²) in [4.78, 5) is 27.4. The maximum atomic E-state index is 12.1. The number of hydrogen-bond acceptors (Lipinski definition) is 3. The number of hydrogen-bond donors (Lipinski definition) is 1. The summed E-state index contributed by atoms with van der Waals surface area (Å²) in [5.41, 5.74) is 2.14. The summed E-state index contributed by atoms with van der Waals surface area (Å²) < 4.78 is 0. The smallest absolute Gasteiger partial charge is 0.313 e. The maximum Gasteiger partial charge on any atom is 0.313 e. The number of amides is 2. The lowest BCUT2D eigenvalue weighted by molar-refractivity contribution is -0.142. The van der Waals surface area contributed by atoms with E-state index >= 15 is 0 Å². The van der Waals surface area contributed by atoms with Gasteiger partial charge in [0, 0.05) is 32.9 Å². The quantitative estimate of drug-likeness (QED) is 0.669. The Labute approximate surface area is 136 Å². The highest BCUT2D eigenvalue weighted by molar-refractivity contribution is 6.40. The van der Waals surface area contributed by atoms with Crippen LogP contribution in [0.25, 0.3) is 0 Å². The first kappa shape index (κ1) is 18.0. The van der Waals surface area contributed by atoms with Crippen LogP contribution in [-0.4, -0.2) is 43.9 Å². The molecule has 1 aromatic rings. The van der Waals surface area contributed by atoms with E-state index in [2.05, 4.69) is 11.9 Å². The molecular weight excluding hydrogens is 302 g/mol. The van der Waals surface area contributed by atoms with Gasteiger partial charge in [-0.1, -0.05) is 23.8 Å². The van der Waals surface area contributed by atoms with Gasteiger partial charge in [-0.3, -0.25) is 9.59 Å². The molecule has 0 aliphatic rings. The molecule has 0 saturated heterocycles. The molecule has 0 unspecified atom stereocenters. The van der Waals surface area contributed by atoms with Crippen molar-refractivity contribution in [1.82, 2.24) is 4.90 Å². The van der Waals surface area contributed by atoms with E-state index in [0.717, 1.165) is 11.3 Å². The van der Waals surface area contributed by atoms with Gasteiger partial charge in [0.15, 0.2) is 0 Å². The highest BCUT2D eigenvalue weighted by Gasteiger charge is 2.20. The zero-order valence-electron chi connectivity index (χ0n) is 13.4. The second-order valence-corrected chi connectivity index (χ2v) is 5.70. The normalized spacial score (nSPS) is 10.0. The van der Waals surface area contributed by atoms with Crippen LogP contribution in [0, 0.1) is 0 Å². The molecule has 0 spiro atoms. The molecule has 0 aliphatic carbocycles. The number of anilines is 2. The molecule has 1 aromatic carbocycles. The number of rotatable bonds is 5. The molecule has 120 valence electrons. The monoisotopic (exact) mass is 323 g/mol. The van der Waals surface area contributed by atoms with Crippen LogP contribution in [0.4, 0.5) is 11.4 Å². The Morgan fingerprint density at radius 1 is 1.32 bits per heavy atom. The van der Waals surface area contributed by atoms with Crippen LogP contribution in [0.15, 0.2) is 30.4 Å². The van der Waals surface area contributed by atoms with E-state index in [1.165, 1.54) is 4.90 Å². The number of nitrogens with zero attached hydrogens (tertiary/aromatic N) is 2. The van der Waals surface area contributed by atoms with Crippen molar-refractivity contribution in [3.8, 4) is 0 Å². The average molecular weight is 324 g/mol. The topological polar surface area (TPSA) is 52.7 Å². The predicted octanol–water partition coefficient (Wildman–Crippen LogP) is 2.77. The van der Waals surface area contributed by atoms with Crippen molar-refractivity contribution in [3.63, 3.8) is 0 Å². The standard InChI is InChI=1S/C16H22ClN3O2/c1-6-20(10-11(2)3)16(22)15(21)18-12-7-8-14(19(4)5)13(17)9-12/h7-9H,2,6,10H2,1,3-5H3,(H,18,21). The Kier molecular flexibility index (Phi) is 6.43. The minimum absolute atomic E-state index is 0.364. The van der Waals surface area contributed by atoms with E-state index in [1.807, 2.05) is 32.8 Å². The third-order valence-electron chi connectivity index (χ3n) is 3.01. The van der Waals surface area contributed by atoms with Crippen LogP contribution in [0.1, 0.15) is 13.8 Å². The maximum absolute atomic E-state index is 12.1. The van der Waals surface area contributed by atoms with E-state index in [1.54, 1.807) is 18.2 Å². The fraction of sp³-hybridized carbons (Fsp3) is 0.375. The number of carbonyl (C=O) groups is 2. The lowest BCUT2D eigenvalue weighted by Crippen LogP contribution is -2.40. The van der Waals surface area contributed by atoms with E-state index in [9.17, 15) is 9.59 Å². The summed E-state index contributed by atoms with van der Waals surface area (Å²) in [6, 6.07) is 5.12. The minimum atomic E-state index is -0.684. The van der Waals surface area contributed by atoms with Crippen molar-refractivity contribution in [1.29, 1.82) is 0 Å². The first-order valence-electron chi connectivity index (χ1n) is 6.97. The van der Waals surface area contributed by atoms with Crippen LogP contribution in [-0.2, 0) is 9.59 Å². The average Bonchev–Trinajstić information content (AvgIpc) is 2.43. The molecule has 0 saturated carbocycles. The molecule has 22 heavy (non-hydrogen) atoms. The van der Waals surface area contributed by atoms with Crippen LogP contribution >= 0.6 is 11.6 Å². The first-order valence-corrected chi connectivity index (χ1v) is 7.35. The number of nitrogens with one attached hydrogen (secondary N) is 1. The van der Waals surface area contributed by atoms with Gasteiger partial charge in [-0.15, -0.1) is 0 Å². The molecule has 0 fully saturated rings. The number of likely N-dealkylation sites (N-methyl/N-ethyl adjacent to an activating group) is 1. The summed E-state index contributed by atoms with van der Waals surface area (Å²) in [5.74, 6) is -1.27. The molecule has 0 aliphatic heterocycles. The Morgan fingerprint density at radius 2 is 1.95 bits per heavy atom. The van der Waals surface area contributed by atoms with Crippen molar-refractivity contribution in [3.05, 3.63) is 35.4 Å². The lowest BCUT2D eigenvalue weighted by atomic mass is 10.2. The zero-order valence-corrected chi connectivity index (χ0v) is 14.2. The highest BCUT2D eigenvalue weighted by atomic mass is 35.5. The van der Waals surface area contributed by atoms with Crippen LogP contribution < -0.4 is 10.2 Å². The highest BCUT2D eigenvalue weighted by Crippen LogP contribution is 2.27. The van der Waals surface area contributed by atoms with Gasteiger partial charge in [0.1, 0.15) is 0 Å². The van der Waals surface area contributed by atoms with Crippen molar-refractivity contribution in [2.45, 2.75) is 13.8 Å². The van der Waals surface area contributed by atoms with Crippen molar-refractivity contribution >= 4 is 34.8 Å². The Morgan fingerprint density at radius 3 is 2.41 bits per heavy atom. The molecule has 0 heterocycles. The molecule has 0 radical (unpaired) electrons. The minimum Gasteiger partial charge on any atom is -0.376 e. The summed E-state index contributed by atoms with van der Waals surface area (Å²) >= 11 is 6.15. The summed E-state index contributed by atoms with van der Waals surface area (Å²) in [7, 11) is 3.75. The van der Waals surface area contributed by atoms with Gasteiger partial charge in [-0.2, -0.15) is 0 Å². The predicted molar refractivity (Wildman–Crippen MR) is 91.5 cm³/mol. The van der Waals surface area contributed by atoms with E-state index < -0.39 is 11.8 Å². The van der Waals surface area contributed by atoms with E-state index in [0.29, 0.717) is 23.8 Å². The fourth-order valence-electron chi connectivity index (χ4n) is 1.93. The van der Waals surface area contributed by atoms with E-state index in [4.69, 9.17) is 11.6 Å². The molecule has 0 atom stereocenters. The van der Waals surface area contributed by atoms with E-state index in [-0.39, 0.29) is 0 Å². The number of carbonyl (C=O) groups excluding carboxylic acids is 2. The van der Waals surface area contributed by atoms with Gasteiger partial charge in [-0.25, -0.2) is 0 Å². The van der Waals surface area contributed by atoms with Gasteiger partial charge in [-0.05, 0) is 32.0 Å². The van der Waals surface area contributed by atoms with Crippen LogP contribution in [0.3, 0.4) is 0 Å². The Bertz CT molecular complexity index is 585. The molecule has 0 bridgehead atoms. The van der Waals surface area contributed by atoms with Gasteiger partial charge in [0.2, 0.25) is 0 Å². The van der Waals surface area contributed by atoms with Crippen molar-refractivity contribution in [2.24, 2.45) is 0 Å². The summed E-state index contributed by atoms with van der Waals surface area (Å²) in [5, 5.41) is 3.08. The number of halogens is 1. The van der Waals surface area contributed by atoms with Gasteiger partial charge in [0.25, 0.3) is 0 Å². The molecule has 1 N–H and O–H groups in total. The molecular formula is C16H22ClN3O2. The summed E-state index contributed by atoms with van der Waals surface area (Å²) in [6.07, 6.45) is 0. The molecule has 1 rings (SSSR count). The largest absolute Gasteiger partial charge is 0.376 e. The first-order chi connectivity index (χ1) is 10.3. The lowest BCUT2D eigenvalue weighted by Gasteiger charge is -2.20. The molecule has 2 amide bonds. The Balaban J connectivity index is 2.81. The second kappa shape index (κ2) is 7.84. The zero-order chi connectivity index (χ0) is 16.9. The fourth-order valence-corrected chi connectivity index (χ4v) is 2.28. The van der Waals surface area contributed by atoms with Crippen LogP contribution in [0.5, 0.6) is 0 Å². The van der Waals surface area contributed by atoms with Gasteiger partial charge in [0.05, 0.1) is 10.7 Å². The number of benzene rings is 1. The van der Waals surface area contributed by atoms with Gasteiger partial charge < -0.3 is 15.1 Å².